The fourth-order valence-corrected chi connectivity index (χ4v) is 4.43. The first-order valence-electron chi connectivity index (χ1n) is 12.7. The smallest absolute Gasteiger partial charge is 0.408 e. The van der Waals surface area contributed by atoms with Crippen LogP contribution in [0.15, 0.2) is 24.3 Å². The average Bonchev–Trinajstić information content (AvgIpc) is 3.61. The van der Waals surface area contributed by atoms with Crippen molar-refractivity contribution in [2.45, 2.75) is 96.9 Å². The Labute approximate surface area is 215 Å². The minimum Gasteiger partial charge on any atom is -0.444 e. The summed E-state index contributed by atoms with van der Waals surface area (Å²) in [5.41, 5.74) is 1.15. The van der Waals surface area contributed by atoms with Gasteiger partial charge in [-0.3, -0.25) is 9.59 Å². The number of hydrogen-bond acceptors (Lipinski definition) is 5. The Kier molecular flexibility index (Phi) is 11.4. The molecule has 1 saturated carbocycles. The Morgan fingerprint density at radius 1 is 1.20 bits per heavy atom. The van der Waals surface area contributed by atoms with Crippen LogP contribution in [0.5, 0.6) is 0 Å². The Hall–Kier alpha value is -2.22. The summed E-state index contributed by atoms with van der Waals surface area (Å²) in [5, 5.41) is 5.85. The number of thioether (sulfide) groups is 1. The van der Waals surface area contributed by atoms with Crippen LogP contribution in [0.25, 0.3) is 0 Å². The third-order valence-electron chi connectivity index (χ3n) is 5.76. The molecule has 0 bridgehead atoms. The Morgan fingerprint density at radius 3 is 2.49 bits per heavy atom. The summed E-state index contributed by atoms with van der Waals surface area (Å²) in [4.78, 5) is 41.8. The maximum Gasteiger partial charge on any atom is 0.408 e. The van der Waals surface area contributed by atoms with Crippen LogP contribution in [-0.4, -0.2) is 59.0 Å². The van der Waals surface area contributed by atoms with Crippen molar-refractivity contribution in [3.8, 4) is 0 Å². The molecule has 2 N–H and O–H groups in total. The van der Waals surface area contributed by atoms with Crippen LogP contribution in [0.4, 0.5) is 4.79 Å². The molecule has 3 amide bonds. The summed E-state index contributed by atoms with van der Waals surface area (Å²) >= 11 is 1.61. The second-order valence-electron chi connectivity index (χ2n) is 10.3. The van der Waals surface area contributed by atoms with Crippen LogP contribution >= 0.6 is 11.8 Å². The number of hydrogen-bond donors (Lipinski definition) is 2. The molecule has 0 saturated heterocycles. The molecule has 1 aromatic carbocycles. The van der Waals surface area contributed by atoms with E-state index in [-0.39, 0.29) is 17.9 Å². The maximum atomic E-state index is 14.0. The number of alkyl carbamates (subject to hydrolysis) is 1. The van der Waals surface area contributed by atoms with Gasteiger partial charge in [0.25, 0.3) is 0 Å². The molecule has 0 aliphatic heterocycles. The Bertz CT molecular complexity index is 851. The molecule has 1 aliphatic rings. The third-order valence-corrected chi connectivity index (χ3v) is 6.40. The Balaban J connectivity index is 2.35. The highest BCUT2D eigenvalue weighted by molar-refractivity contribution is 7.98. The van der Waals surface area contributed by atoms with Gasteiger partial charge in [-0.1, -0.05) is 49.6 Å². The summed E-state index contributed by atoms with van der Waals surface area (Å²) in [6, 6.07) is 6.25. The number of carbonyl (C=O) groups excluding carboxylic acids is 3. The molecule has 7 nitrogen and oxygen atoms in total. The zero-order valence-corrected chi connectivity index (χ0v) is 23.0. The maximum absolute atomic E-state index is 14.0. The van der Waals surface area contributed by atoms with E-state index in [9.17, 15) is 14.4 Å². The highest BCUT2D eigenvalue weighted by Crippen LogP contribution is 2.36. The van der Waals surface area contributed by atoms with Gasteiger partial charge in [-0.25, -0.2) is 4.79 Å². The minimum absolute atomic E-state index is 0.0216. The number of aryl methyl sites for hydroxylation is 1. The third kappa shape index (κ3) is 9.74. The van der Waals surface area contributed by atoms with Crippen LogP contribution in [0.3, 0.4) is 0 Å². The molecule has 0 heterocycles. The number of benzene rings is 1. The topological polar surface area (TPSA) is 87.7 Å². The van der Waals surface area contributed by atoms with Crippen molar-refractivity contribution in [1.82, 2.24) is 15.5 Å². The summed E-state index contributed by atoms with van der Waals surface area (Å²) < 4.78 is 5.43. The van der Waals surface area contributed by atoms with E-state index >= 15 is 0 Å². The van der Waals surface area contributed by atoms with Gasteiger partial charge in [-0.2, -0.15) is 11.8 Å². The predicted molar refractivity (Wildman–Crippen MR) is 142 cm³/mol. The number of nitrogens with zero attached hydrogens (tertiary/aromatic N) is 1. The van der Waals surface area contributed by atoms with Crippen LogP contribution in [-0.2, 0) is 14.3 Å². The van der Waals surface area contributed by atoms with Gasteiger partial charge in [-0.05, 0) is 71.0 Å². The van der Waals surface area contributed by atoms with Crippen LogP contribution in [0, 0.1) is 6.92 Å². The number of amides is 3. The standard InChI is InChI=1S/C27H43N3O4S/c1-7-8-9-16-28-24(31)23(20-12-10-11-19(2)18-20)30(21-13-14-21)25(32)22(15-17-35-6)29-26(33)34-27(3,4)5/h10-12,18,21-23H,7-9,13-17H2,1-6H3,(H,28,31)(H,29,33). The molecule has 0 aromatic heterocycles. The molecule has 2 atom stereocenters. The normalized spacial score (nSPS) is 15.1. The number of carbonyl (C=O) groups is 3. The molecule has 8 heteroatoms. The highest BCUT2D eigenvalue weighted by atomic mass is 32.2. The van der Waals surface area contributed by atoms with Crippen molar-refractivity contribution in [3.05, 3.63) is 35.4 Å². The second kappa shape index (κ2) is 13.8. The largest absolute Gasteiger partial charge is 0.444 e. The number of nitrogens with one attached hydrogen (secondary N) is 2. The van der Waals surface area contributed by atoms with Crippen molar-refractivity contribution < 1.29 is 19.1 Å². The van der Waals surface area contributed by atoms with Gasteiger partial charge in [0.05, 0.1) is 0 Å². The number of unbranched alkanes of at least 4 members (excludes halogenated alkanes) is 2. The van der Waals surface area contributed by atoms with E-state index in [1.54, 1.807) is 37.4 Å². The quantitative estimate of drug-likeness (QED) is 0.369. The molecule has 0 radical (unpaired) electrons. The molecule has 35 heavy (non-hydrogen) atoms. The molecule has 1 aromatic rings. The van der Waals surface area contributed by atoms with E-state index in [1.807, 2.05) is 37.4 Å². The van der Waals surface area contributed by atoms with E-state index in [1.165, 1.54) is 0 Å². The first-order chi connectivity index (χ1) is 16.6. The van der Waals surface area contributed by atoms with Crippen molar-refractivity contribution in [1.29, 1.82) is 0 Å². The molecular weight excluding hydrogens is 462 g/mol. The molecular formula is C27H43N3O4S. The molecule has 1 fully saturated rings. The van der Waals surface area contributed by atoms with Crippen LogP contribution < -0.4 is 10.6 Å². The van der Waals surface area contributed by atoms with Crippen molar-refractivity contribution in [3.63, 3.8) is 0 Å². The number of ether oxygens (including phenoxy) is 1. The lowest BCUT2D eigenvalue weighted by Crippen LogP contribution is -2.54. The minimum atomic E-state index is -0.766. The lowest BCUT2D eigenvalue weighted by Gasteiger charge is -2.35. The summed E-state index contributed by atoms with van der Waals surface area (Å²) in [6.07, 6.45) is 6.50. The van der Waals surface area contributed by atoms with Gasteiger partial charge in [0.2, 0.25) is 11.8 Å². The van der Waals surface area contributed by atoms with Gasteiger partial charge in [0, 0.05) is 12.6 Å². The zero-order chi connectivity index (χ0) is 26.0. The number of rotatable bonds is 13. The second-order valence-corrected chi connectivity index (χ2v) is 11.3. The molecule has 1 aliphatic carbocycles. The van der Waals surface area contributed by atoms with Crippen molar-refractivity contribution in [2.24, 2.45) is 0 Å². The average molecular weight is 506 g/mol. The predicted octanol–water partition coefficient (Wildman–Crippen LogP) is 4.98. The van der Waals surface area contributed by atoms with E-state index in [2.05, 4.69) is 17.6 Å². The molecule has 2 rings (SSSR count). The van der Waals surface area contributed by atoms with Crippen molar-refractivity contribution >= 4 is 29.7 Å². The SMILES string of the molecule is CCCCCNC(=O)C(c1cccc(C)c1)N(C(=O)C(CCSC)NC(=O)OC(C)(C)C)C1CC1. The van der Waals surface area contributed by atoms with Crippen LogP contribution in [0.1, 0.15) is 83.4 Å². The monoisotopic (exact) mass is 505 g/mol. The van der Waals surface area contributed by atoms with E-state index in [0.29, 0.717) is 18.7 Å². The van der Waals surface area contributed by atoms with Gasteiger partial charge >= 0.3 is 6.09 Å². The fraction of sp³-hybridized carbons (Fsp3) is 0.667. The Morgan fingerprint density at radius 2 is 1.91 bits per heavy atom. The van der Waals surface area contributed by atoms with Gasteiger partial charge in [-0.15, -0.1) is 0 Å². The fourth-order valence-electron chi connectivity index (χ4n) is 3.96. The zero-order valence-electron chi connectivity index (χ0n) is 22.2. The van der Waals surface area contributed by atoms with E-state index in [4.69, 9.17) is 4.74 Å². The van der Waals surface area contributed by atoms with E-state index in [0.717, 1.165) is 43.2 Å². The van der Waals surface area contributed by atoms with Gasteiger partial charge in [0.15, 0.2) is 0 Å². The van der Waals surface area contributed by atoms with Crippen LogP contribution in [0.2, 0.25) is 0 Å². The van der Waals surface area contributed by atoms with Gasteiger partial charge in [0.1, 0.15) is 17.7 Å². The highest BCUT2D eigenvalue weighted by Gasteiger charge is 2.43. The molecule has 196 valence electrons. The van der Waals surface area contributed by atoms with Gasteiger partial charge < -0.3 is 20.3 Å². The van der Waals surface area contributed by atoms with Crippen molar-refractivity contribution in [2.75, 3.05) is 18.6 Å². The molecule has 0 spiro atoms. The van der Waals surface area contributed by atoms with E-state index < -0.39 is 23.8 Å². The first-order valence-corrected chi connectivity index (χ1v) is 14.1. The lowest BCUT2D eigenvalue weighted by molar-refractivity contribution is -0.143. The lowest BCUT2D eigenvalue weighted by atomic mass is 10.00. The molecule has 2 unspecified atom stereocenters. The summed E-state index contributed by atoms with van der Waals surface area (Å²) in [6.45, 7) is 10.1. The summed E-state index contributed by atoms with van der Waals surface area (Å²) in [7, 11) is 0. The first kappa shape index (κ1) is 29.0. The summed E-state index contributed by atoms with van der Waals surface area (Å²) in [5.74, 6) is 0.290.